The molecule has 0 saturated carbocycles. The van der Waals surface area contributed by atoms with Crippen LogP contribution in [0.5, 0.6) is 0 Å². The molecule has 1 aliphatic rings. The molecule has 0 saturated heterocycles. The second kappa shape index (κ2) is 5.08. The minimum atomic E-state index is -4.39. The average Bonchev–Trinajstić information content (AvgIpc) is 2.36. The number of nitrogens with one attached hydrogen (secondary N) is 1. The smallest absolute Gasteiger partial charge is 0.416 e. The van der Waals surface area contributed by atoms with Crippen molar-refractivity contribution in [1.82, 2.24) is 5.32 Å². The number of halogens is 3. The van der Waals surface area contributed by atoms with Gasteiger partial charge < -0.3 is 9.64 Å². The summed E-state index contributed by atoms with van der Waals surface area (Å²) in [6.45, 7) is 2.69. The van der Waals surface area contributed by atoms with E-state index in [0.29, 0.717) is 18.9 Å². The Morgan fingerprint density at radius 1 is 1.47 bits per heavy atom. The SMILES string of the molecule is CC(OC=O)N1CNCc2ccc(C(F)(F)F)cc21. The van der Waals surface area contributed by atoms with Gasteiger partial charge in [-0.3, -0.25) is 10.1 Å². The zero-order valence-corrected chi connectivity index (χ0v) is 10.2. The molecule has 1 aromatic rings. The van der Waals surface area contributed by atoms with Crippen molar-refractivity contribution in [2.75, 3.05) is 11.6 Å². The maximum atomic E-state index is 12.7. The maximum absolute atomic E-state index is 12.7. The van der Waals surface area contributed by atoms with Gasteiger partial charge in [-0.25, -0.2) is 0 Å². The van der Waals surface area contributed by atoms with E-state index in [1.54, 1.807) is 11.8 Å². The van der Waals surface area contributed by atoms with E-state index in [0.717, 1.165) is 17.7 Å². The van der Waals surface area contributed by atoms with Crippen LogP contribution < -0.4 is 10.2 Å². The van der Waals surface area contributed by atoms with Gasteiger partial charge in [-0.2, -0.15) is 13.2 Å². The summed E-state index contributed by atoms with van der Waals surface area (Å²) in [6.07, 6.45) is -5.02. The standard InChI is InChI=1S/C12H13F3N2O2/c1-8(19-7-18)17-6-16-5-9-2-3-10(4-11(9)17)12(13,14)15/h2-4,7-8,16H,5-6H2,1H3. The molecule has 1 N–H and O–H groups in total. The van der Waals surface area contributed by atoms with E-state index in [1.165, 1.54) is 6.07 Å². The zero-order chi connectivity index (χ0) is 14.0. The first-order valence-corrected chi connectivity index (χ1v) is 5.70. The molecule has 0 radical (unpaired) electrons. The normalized spacial score (nSPS) is 16.7. The number of anilines is 1. The van der Waals surface area contributed by atoms with Gasteiger partial charge in [0.2, 0.25) is 0 Å². The Morgan fingerprint density at radius 2 is 2.21 bits per heavy atom. The van der Waals surface area contributed by atoms with E-state index in [4.69, 9.17) is 4.74 Å². The average molecular weight is 274 g/mol. The lowest BCUT2D eigenvalue weighted by atomic mass is 10.1. The van der Waals surface area contributed by atoms with Gasteiger partial charge in [0.05, 0.1) is 12.2 Å². The van der Waals surface area contributed by atoms with Crippen LogP contribution in [0.1, 0.15) is 18.1 Å². The zero-order valence-electron chi connectivity index (χ0n) is 10.2. The second-order valence-corrected chi connectivity index (χ2v) is 4.23. The van der Waals surface area contributed by atoms with E-state index in [2.05, 4.69) is 5.32 Å². The highest BCUT2D eigenvalue weighted by Gasteiger charge is 2.32. The number of nitrogens with zero attached hydrogens (tertiary/aromatic N) is 1. The Morgan fingerprint density at radius 3 is 2.84 bits per heavy atom. The van der Waals surface area contributed by atoms with Gasteiger partial charge in [-0.15, -0.1) is 0 Å². The van der Waals surface area contributed by atoms with Crippen LogP contribution in [0.2, 0.25) is 0 Å². The lowest BCUT2D eigenvalue weighted by Crippen LogP contribution is -2.45. The molecule has 1 atom stereocenters. The Balaban J connectivity index is 2.38. The number of hydrogen-bond acceptors (Lipinski definition) is 4. The van der Waals surface area contributed by atoms with E-state index < -0.39 is 18.0 Å². The lowest BCUT2D eigenvalue weighted by Gasteiger charge is -2.35. The van der Waals surface area contributed by atoms with Crippen LogP contribution in [0.15, 0.2) is 18.2 Å². The van der Waals surface area contributed by atoms with Gasteiger partial charge in [-0.05, 0) is 24.6 Å². The summed E-state index contributed by atoms with van der Waals surface area (Å²) < 4.78 is 42.9. The molecule has 7 heteroatoms. The topological polar surface area (TPSA) is 41.6 Å². The molecule has 0 spiro atoms. The predicted octanol–water partition coefficient (Wildman–Crippen LogP) is 2.09. The largest absolute Gasteiger partial charge is 0.444 e. The van der Waals surface area contributed by atoms with Crippen LogP contribution >= 0.6 is 0 Å². The predicted molar refractivity (Wildman–Crippen MR) is 62.2 cm³/mol. The van der Waals surface area contributed by atoms with Crippen molar-refractivity contribution in [3.05, 3.63) is 29.3 Å². The maximum Gasteiger partial charge on any atom is 0.416 e. The number of ether oxygens (including phenoxy) is 1. The molecule has 2 rings (SSSR count). The molecule has 19 heavy (non-hydrogen) atoms. The molecular formula is C12H13F3N2O2. The highest BCUT2D eigenvalue weighted by Crippen LogP contribution is 2.35. The molecule has 1 aromatic carbocycles. The molecule has 104 valence electrons. The number of fused-ring (bicyclic) bond motifs is 1. The lowest BCUT2D eigenvalue weighted by molar-refractivity contribution is -0.138. The quantitative estimate of drug-likeness (QED) is 0.857. The fourth-order valence-corrected chi connectivity index (χ4v) is 2.03. The molecular weight excluding hydrogens is 261 g/mol. The van der Waals surface area contributed by atoms with E-state index in [9.17, 15) is 18.0 Å². The van der Waals surface area contributed by atoms with Crippen molar-refractivity contribution < 1.29 is 22.7 Å². The van der Waals surface area contributed by atoms with Crippen molar-refractivity contribution >= 4 is 12.2 Å². The summed E-state index contributed by atoms with van der Waals surface area (Å²) in [7, 11) is 0. The van der Waals surface area contributed by atoms with E-state index in [-0.39, 0.29) is 6.47 Å². The first kappa shape index (κ1) is 13.7. The first-order valence-electron chi connectivity index (χ1n) is 5.70. The highest BCUT2D eigenvalue weighted by molar-refractivity contribution is 5.58. The van der Waals surface area contributed by atoms with Crippen LogP contribution in [-0.4, -0.2) is 19.4 Å². The fraction of sp³-hybridized carbons (Fsp3) is 0.417. The number of rotatable bonds is 3. The third-order valence-electron chi connectivity index (χ3n) is 3.01. The second-order valence-electron chi connectivity index (χ2n) is 4.23. The van der Waals surface area contributed by atoms with Crippen molar-refractivity contribution in [3.63, 3.8) is 0 Å². The number of benzene rings is 1. The van der Waals surface area contributed by atoms with Gasteiger partial charge >= 0.3 is 6.18 Å². The molecule has 0 aromatic heterocycles. The third kappa shape index (κ3) is 2.81. The van der Waals surface area contributed by atoms with Crippen LogP contribution in [0.4, 0.5) is 18.9 Å². The minimum Gasteiger partial charge on any atom is -0.444 e. The Bertz CT molecular complexity index is 477. The van der Waals surface area contributed by atoms with Crippen molar-refractivity contribution in [3.8, 4) is 0 Å². The summed E-state index contributed by atoms with van der Waals surface area (Å²) in [5.74, 6) is 0. The van der Waals surface area contributed by atoms with E-state index in [1.807, 2.05) is 0 Å². The highest BCUT2D eigenvalue weighted by atomic mass is 19.4. The summed E-state index contributed by atoms with van der Waals surface area (Å²) in [6, 6.07) is 3.57. The number of carbonyl (C=O) groups excluding carboxylic acids is 1. The summed E-state index contributed by atoms with van der Waals surface area (Å²) in [4.78, 5) is 11.9. The van der Waals surface area contributed by atoms with Gasteiger partial charge in [-0.1, -0.05) is 6.07 Å². The number of hydrogen-bond donors (Lipinski definition) is 1. The molecule has 1 heterocycles. The van der Waals surface area contributed by atoms with Gasteiger partial charge in [0, 0.05) is 12.2 Å². The van der Waals surface area contributed by atoms with Gasteiger partial charge in [0.1, 0.15) is 0 Å². The van der Waals surface area contributed by atoms with Crippen molar-refractivity contribution in [1.29, 1.82) is 0 Å². The molecule has 4 nitrogen and oxygen atoms in total. The molecule has 0 bridgehead atoms. The van der Waals surface area contributed by atoms with Gasteiger partial charge in [0.25, 0.3) is 6.47 Å². The first-order chi connectivity index (χ1) is 8.93. The number of carbonyl (C=O) groups is 1. The van der Waals surface area contributed by atoms with E-state index >= 15 is 0 Å². The molecule has 0 amide bonds. The monoisotopic (exact) mass is 274 g/mol. The van der Waals surface area contributed by atoms with Crippen molar-refractivity contribution in [2.45, 2.75) is 25.9 Å². The Labute approximate surface area is 108 Å². The Kier molecular flexibility index (Phi) is 3.66. The fourth-order valence-electron chi connectivity index (χ4n) is 2.03. The van der Waals surface area contributed by atoms with Crippen LogP contribution in [-0.2, 0) is 22.3 Å². The van der Waals surface area contributed by atoms with Crippen LogP contribution in [0, 0.1) is 0 Å². The molecule has 0 fully saturated rings. The Hall–Kier alpha value is -1.76. The summed E-state index contributed by atoms with van der Waals surface area (Å²) >= 11 is 0. The summed E-state index contributed by atoms with van der Waals surface area (Å²) in [5, 5.41) is 3.04. The molecule has 0 aliphatic carbocycles. The third-order valence-corrected chi connectivity index (χ3v) is 3.01. The minimum absolute atomic E-state index is 0.284. The summed E-state index contributed by atoms with van der Waals surface area (Å²) in [5.41, 5.74) is 0.458. The van der Waals surface area contributed by atoms with Crippen molar-refractivity contribution in [2.24, 2.45) is 0 Å². The van der Waals surface area contributed by atoms with Crippen LogP contribution in [0.3, 0.4) is 0 Å². The molecule has 1 aliphatic heterocycles. The van der Waals surface area contributed by atoms with Crippen LogP contribution in [0.25, 0.3) is 0 Å². The van der Waals surface area contributed by atoms with Gasteiger partial charge in [0.15, 0.2) is 6.23 Å². The molecule has 1 unspecified atom stereocenters. The number of alkyl halides is 3.